The molecule has 338 valence electrons. The third-order valence-electron chi connectivity index (χ3n) is 15.0. The van der Waals surface area contributed by atoms with E-state index in [1.165, 1.54) is 61.6 Å². The molecule has 3 heteroatoms. The Hall–Kier alpha value is -8.40. The van der Waals surface area contributed by atoms with Gasteiger partial charge in [-0.1, -0.05) is 198 Å². The van der Waals surface area contributed by atoms with Crippen molar-refractivity contribution in [2.45, 2.75) is 45.4 Å². The van der Waals surface area contributed by atoms with E-state index in [0.29, 0.717) is 0 Å². The van der Waals surface area contributed by atoms with E-state index in [9.17, 15) is 0 Å². The van der Waals surface area contributed by atoms with Gasteiger partial charge in [0.25, 0.3) is 0 Å². The molecule has 0 saturated heterocycles. The molecule has 3 heterocycles. The van der Waals surface area contributed by atoms with Gasteiger partial charge in [-0.25, -0.2) is 0 Å². The van der Waals surface area contributed by atoms with Gasteiger partial charge in [-0.2, -0.15) is 0 Å². The molecule has 12 rings (SSSR count). The van der Waals surface area contributed by atoms with E-state index in [2.05, 4.69) is 269 Å². The number of furan rings is 1. The van der Waals surface area contributed by atoms with Gasteiger partial charge in [-0.05, 0) is 123 Å². The molecule has 0 atom stereocenters. The highest BCUT2D eigenvalue weighted by molar-refractivity contribution is 6.13. The van der Waals surface area contributed by atoms with Crippen LogP contribution in [0, 0.1) is 0 Å². The quantitative estimate of drug-likeness (QED) is 0.159. The first-order chi connectivity index (χ1) is 34.1. The maximum atomic E-state index is 7.03. The molecule has 0 fully saturated rings. The molecule has 0 aliphatic carbocycles. The molecule has 0 saturated carbocycles. The summed E-state index contributed by atoms with van der Waals surface area (Å²) in [6.07, 6.45) is 6.31. The van der Waals surface area contributed by atoms with Crippen LogP contribution in [0.15, 0.2) is 247 Å². The van der Waals surface area contributed by atoms with Gasteiger partial charge in [-0.15, -0.1) is 0 Å². The summed E-state index contributed by atoms with van der Waals surface area (Å²) in [5.74, 6) is 0. The van der Waals surface area contributed by atoms with Crippen molar-refractivity contribution in [1.29, 1.82) is 0 Å². The summed E-state index contributed by atoms with van der Waals surface area (Å²) in [5, 5.41) is 2.20. The van der Waals surface area contributed by atoms with Crippen LogP contribution in [0.3, 0.4) is 0 Å². The molecule has 70 heavy (non-hydrogen) atoms. The van der Waals surface area contributed by atoms with E-state index in [4.69, 9.17) is 4.42 Å². The Balaban J connectivity index is 0.905. The van der Waals surface area contributed by atoms with Crippen LogP contribution in [0.25, 0.3) is 66.4 Å². The predicted octanol–water partition coefficient (Wildman–Crippen LogP) is 18.8. The lowest BCUT2D eigenvalue weighted by Crippen LogP contribution is -2.35. The Bertz CT molecular complexity index is 3720. The van der Waals surface area contributed by atoms with Crippen molar-refractivity contribution >= 4 is 50.4 Å². The number of nitrogens with zero attached hydrogens (tertiary/aromatic N) is 2. The van der Waals surface area contributed by atoms with Crippen molar-refractivity contribution in [1.82, 2.24) is 0 Å². The van der Waals surface area contributed by atoms with Gasteiger partial charge in [0, 0.05) is 49.8 Å². The number of hydrogen-bond donors (Lipinski definition) is 0. The van der Waals surface area contributed by atoms with Gasteiger partial charge in [0.05, 0.1) is 17.1 Å². The summed E-state index contributed by atoms with van der Waals surface area (Å²) < 4.78 is 7.03. The third kappa shape index (κ3) is 6.79. The zero-order valence-electron chi connectivity index (χ0n) is 40.4. The second-order valence-corrected chi connectivity index (χ2v) is 19.7. The van der Waals surface area contributed by atoms with Crippen LogP contribution >= 0.6 is 0 Å². The molecule has 2 aliphatic heterocycles. The lowest BCUT2D eigenvalue weighted by atomic mass is 9.71. The average Bonchev–Trinajstić information content (AvgIpc) is 3.79. The fourth-order valence-corrected chi connectivity index (χ4v) is 11.5. The van der Waals surface area contributed by atoms with E-state index in [1.54, 1.807) is 0 Å². The topological polar surface area (TPSA) is 19.6 Å². The van der Waals surface area contributed by atoms with E-state index >= 15 is 0 Å². The molecule has 0 N–H and O–H groups in total. The second kappa shape index (κ2) is 16.7. The molecule has 2 aliphatic rings. The van der Waals surface area contributed by atoms with Crippen molar-refractivity contribution < 1.29 is 4.42 Å². The lowest BCUT2D eigenvalue weighted by Gasteiger charge is -2.44. The molecule has 9 aromatic carbocycles. The first-order valence-corrected chi connectivity index (χ1v) is 24.4. The fourth-order valence-electron chi connectivity index (χ4n) is 11.5. The van der Waals surface area contributed by atoms with Crippen molar-refractivity contribution in [3.8, 4) is 44.5 Å². The Morgan fingerprint density at radius 2 is 0.871 bits per heavy atom. The van der Waals surface area contributed by atoms with E-state index < -0.39 is 0 Å². The van der Waals surface area contributed by atoms with E-state index in [-0.39, 0.29) is 10.8 Å². The van der Waals surface area contributed by atoms with Gasteiger partial charge < -0.3 is 14.2 Å². The van der Waals surface area contributed by atoms with Crippen molar-refractivity contribution in [3.05, 3.63) is 259 Å². The maximum absolute atomic E-state index is 7.03. The highest BCUT2D eigenvalue weighted by Gasteiger charge is 2.40. The molecule has 0 bridgehead atoms. The Labute approximate surface area is 411 Å². The SMILES string of the molecule is C=CC=C1/C(=C\C)C(C)(C)c2cc(-c3ccccc3)ccc2N1c1ccc(-c2cccc3c2oc2c(-c4ccc(N5c6ccccc6C(C)(C)c6cc(-c7ccccc7)ccc65)cc4)cccc23)cc1. The number of benzene rings is 9. The Morgan fingerprint density at radius 3 is 1.40 bits per heavy atom. The molecule has 0 amide bonds. The predicted molar refractivity (Wildman–Crippen MR) is 296 cm³/mol. The van der Waals surface area contributed by atoms with E-state index in [1.807, 2.05) is 6.08 Å². The van der Waals surface area contributed by atoms with Crippen molar-refractivity contribution in [2.24, 2.45) is 0 Å². The van der Waals surface area contributed by atoms with Crippen LogP contribution in [-0.4, -0.2) is 0 Å². The van der Waals surface area contributed by atoms with Crippen LogP contribution in [0.1, 0.15) is 51.3 Å². The largest absolute Gasteiger partial charge is 0.455 e. The van der Waals surface area contributed by atoms with Gasteiger partial charge in [0.2, 0.25) is 0 Å². The highest BCUT2D eigenvalue weighted by Crippen LogP contribution is 2.54. The standard InChI is InChI=1S/C67H54N2O/c1-7-19-60-56(8-2)66(3,4)58-42-48(44-20-11-9-12-21-44)34-40-62(58)68(60)50-36-30-46(31-37-50)52-24-17-26-54-55-27-18-25-53(65(55)70-64(52)54)47-32-38-51(39-33-47)69-61-29-16-15-28-57(61)67(5,6)59-43-49(35-41-63(59)69)45-22-13-10-14-23-45/h7-43H,1H2,2-6H3/b56-8+,60-19?. The molecule has 10 aromatic rings. The number of allylic oxidation sites excluding steroid dienone is 4. The molecular formula is C67H54N2O. The van der Waals surface area contributed by atoms with Gasteiger partial charge >= 0.3 is 0 Å². The monoisotopic (exact) mass is 902 g/mol. The normalized spacial score (nSPS) is 15.8. The van der Waals surface area contributed by atoms with Crippen LogP contribution in [0.4, 0.5) is 28.4 Å². The number of fused-ring (bicyclic) bond motifs is 6. The second-order valence-electron chi connectivity index (χ2n) is 19.7. The minimum atomic E-state index is -0.227. The molecule has 3 nitrogen and oxygen atoms in total. The molecule has 1 aromatic heterocycles. The van der Waals surface area contributed by atoms with Crippen molar-refractivity contribution in [3.63, 3.8) is 0 Å². The average molecular weight is 903 g/mol. The number of hydrogen-bond acceptors (Lipinski definition) is 3. The summed E-state index contributed by atoms with van der Waals surface area (Å²) in [4.78, 5) is 4.82. The van der Waals surface area contributed by atoms with Gasteiger partial charge in [-0.3, -0.25) is 0 Å². The fraction of sp³-hybridized carbons (Fsp3) is 0.104. The lowest BCUT2D eigenvalue weighted by molar-refractivity contribution is 0.612. The summed E-state index contributed by atoms with van der Waals surface area (Å²) in [6, 6.07) is 75.0. The minimum absolute atomic E-state index is 0.182. The minimum Gasteiger partial charge on any atom is -0.455 e. The van der Waals surface area contributed by atoms with Crippen LogP contribution in [-0.2, 0) is 10.8 Å². The highest BCUT2D eigenvalue weighted by atomic mass is 16.3. The van der Waals surface area contributed by atoms with E-state index in [0.717, 1.165) is 61.3 Å². The summed E-state index contributed by atoms with van der Waals surface area (Å²) in [6.45, 7) is 15.7. The van der Waals surface area contributed by atoms with Gasteiger partial charge in [0.1, 0.15) is 11.2 Å². The van der Waals surface area contributed by atoms with Gasteiger partial charge in [0.15, 0.2) is 0 Å². The molecule has 0 spiro atoms. The van der Waals surface area contributed by atoms with Crippen molar-refractivity contribution in [2.75, 3.05) is 9.80 Å². The summed E-state index contributed by atoms with van der Waals surface area (Å²) in [5.41, 5.74) is 22.6. The smallest absolute Gasteiger partial charge is 0.143 e. The Kier molecular flexibility index (Phi) is 10.2. The van der Waals surface area contributed by atoms with Crippen LogP contribution in [0.2, 0.25) is 0 Å². The summed E-state index contributed by atoms with van der Waals surface area (Å²) in [7, 11) is 0. The summed E-state index contributed by atoms with van der Waals surface area (Å²) >= 11 is 0. The number of para-hydroxylation sites is 3. The third-order valence-corrected chi connectivity index (χ3v) is 15.0. The molecule has 0 unspecified atom stereocenters. The number of rotatable bonds is 7. The zero-order valence-corrected chi connectivity index (χ0v) is 40.4. The first-order valence-electron chi connectivity index (χ1n) is 24.4. The number of anilines is 5. The maximum Gasteiger partial charge on any atom is 0.143 e. The Morgan fingerprint density at radius 1 is 0.414 bits per heavy atom. The zero-order chi connectivity index (χ0) is 47.7. The molecule has 0 radical (unpaired) electrons. The first kappa shape index (κ1) is 42.9. The van der Waals surface area contributed by atoms with Crippen LogP contribution in [0.5, 0.6) is 0 Å². The van der Waals surface area contributed by atoms with Crippen LogP contribution < -0.4 is 9.80 Å². The molecular weight excluding hydrogens is 849 g/mol.